The number of para-hydroxylation sites is 1. The third-order valence-electron chi connectivity index (χ3n) is 4.66. The summed E-state index contributed by atoms with van der Waals surface area (Å²) >= 11 is 0. The van der Waals surface area contributed by atoms with E-state index in [9.17, 15) is 4.79 Å². The molecule has 132 valence electrons. The zero-order valence-corrected chi connectivity index (χ0v) is 15.1. The molecule has 0 spiro atoms. The lowest BCUT2D eigenvalue weighted by atomic mass is 10.1. The Morgan fingerprint density at radius 2 is 2.08 bits per heavy atom. The maximum atomic E-state index is 12.6. The Balaban J connectivity index is 1.85. The summed E-state index contributed by atoms with van der Waals surface area (Å²) in [6.07, 6.45) is 9.06. The minimum atomic E-state index is -0.0269. The van der Waals surface area contributed by atoms with Crippen LogP contribution in [0.3, 0.4) is 0 Å². The van der Waals surface area contributed by atoms with Crippen molar-refractivity contribution in [2.75, 3.05) is 5.43 Å². The van der Waals surface area contributed by atoms with Gasteiger partial charge >= 0.3 is 0 Å². The van der Waals surface area contributed by atoms with E-state index < -0.39 is 0 Å². The number of benzene rings is 1. The first-order chi connectivity index (χ1) is 12.2. The lowest BCUT2D eigenvalue weighted by Gasteiger charge is -2.12. The molecule has 0 radical (unpaired) electrons. The van der Waals surface area contributed by atoms with Crippen LogP contribution < -0.4 is 11.0 Å². The van der Waals surface area contributed by atoms with Gasteiger partial charge in [0.2, 0.25) is 5.95 Å². The largest absolute Gasteiger partial charge is 0.277 e. The van der Waals surface area contributed by atoms with E-state index in [0.717, 1.165) is 25.0 Å². The van der Waals surface area contributed by atoms with E-state index >= 15 is 0 Å². The average molecular weight is 338 g/mol. The van der Waals surface area contributed by atoms with Crippen molar-refractivity contribution >= 4 is 22.6 Å². The second kappa shape index (κ2) is 8.10. The van der Waals surface area contributed by atoms with Gasteiger partial charge in [0.05, 0.1) is 16.6 Å². The van der Waals surface area contributed by atoms with Crippen molar-refractivity contribution in [3.8, 4) is 0 Å². The van der Waals surface area contributed by atoms with Gasteiger partial charge in [0.25, 0.3) is 5.56 Å². The molecule has 1 aliphatic carbocycles. The van der Waals surface area contributed by atoms with Crippen LogP contribution in [0.5, 0.6) is 0 Å². The predicted molar refractivity (Wildman–Crippen MR) is 104 cm³/mol. The Morgan fingerprint density at radius 1 is 1.24 bits per heavy atom. The van der Waals surface area contributed by atoms with Crippen molar-refractivity contribution in [1.29, 1.82) is 0 Å². The van der Waals surface area contributed by atoms with Gasteiger partial charge in [-0.05, 0) is 50.3 Å². The second-order valence-corrected chi connectivity index (χ2v) is 6.40. The van der Waals surface area contributed by atoms with Crippen LogP contribution in [0.25, 0.3) is 10.9 Å². The van der Waals surface area contributed by atoms with Crippen LogP contribution in [0, 0.1) is 0 Å². The number of fused-ring (bicyclic) bond motifs is 1. The van der Waals surface area contributed by atoms with Crippen LogP contribution in [-0.2, 0) is 6.54 Å². The molecule has 1 N–H and O–H groups in total. The number of nitrogens with zero attached hydrogens (tertiary/aromatic N) is 3. The molecule has 3 rings (SSSR count). The quantitative estimate of drug-likeness (QED) is 0.598. The molecule has 0 saturated heterocycles. The predicted octanol–water partition coefficient (Wildman–Crippen LogP) is 4.48. The molecular formula is C20H26N4O. The number of hydrogen-bond acceptors (Lipinski definition) is 4. The van der Waals surface area contributed by atoms with Gasteiger partial charge < -0.3 is 0 Å². The van der Waals surface area contributed by atoms with Crippen LogP contribution in [-0.4, -0.2) is 15.3 Å². The SMILES string of the molecule is CCCCCC1=CCC/C1=N/Nc1nc2ccccc2c(=O)n1CC. The van der Waals surface area contributed by atoms with Gasteiger partial charge in [0, 0.05) is 6.54 Å². The first kappa shape index (κ1) is 17.4. The Bertz CT molecular complexity index is 864. The molecule has 0 aliphatic heterocycles. The van der Waals surface area contributed by atoms with Crippen LogP contribution in [0.4, 0.5) is 5.95 Å². The third-order valence-corrected chi connectivity index (χ3v) is 4.66. The van der Waals surface area contributed by atoms with Crippen molar-refractivity contribution in [3.63, 3.8) is 0 Å². The molecule has 25 heavy (non-hydrogen) atoms. The maximum absolute atomic E-state index is 12.6. The number of unbranched alkanes of at least 4 members (excludes halogenated alkanes) is 2. The lowest BCUT2D eigenvalue weighted by Crippen LogP contribution is -2.23. The number of aromatic nitrogens is 2. The van der Waals surface area contributed by atoms with E-state index in [2.05, 4.69) is 28.5 Å². The fraction of sp³-hybridized carbons (Fsp3) is 0.450. The maximum Gasteiger partial charge on any atom is 0.262 e. The zero-order valence-electron chi connectivity index (χ0n) is 15.1. The monoisotopic (exact) mass is 338 g/mol. The van der Waals surface area contributed by atoms with Crippen molar-refractivity contribution in [1.82, 2.24) is 9.55 Å². The summed E-state index contributed by atoms with van der Waals surface area (Å²) in [6, 6.07) is 7.44. The summed E-state index contributed by atoms with van der Waals surface area (Å²) in [7, 11) is 0. The third kappa shape index (κ3) is 3.81. The molecule has 2 aromatic rings. The smallest absolute Gasteiger partial charge is 0.262 e. The Labute approximate surface area is 148 Å². The number of rotatable bonds is 7. The van der Waals surface area contributed by atoms with E-state index in [1.807, 2.05) is 31.2 Å². The van der Waals surface area contributed by atoms with Crippen molar-refractivity contribution in [2.45, 2.75) is 58.9 Å². The van der Waals surface area contributed by atoms with Gasteiger partial charge in [0.15, 0.2) is 0 Å². The molecule has 1 aromatic carbocycles. The minimum absolute atomic E-state index is 0.0269. The number of anilines is 1. The van der Waals surface area contributed by atoms with Gasteiger partial charge in [0.1, 0.15) is 0 Å². The molecule has 1 aliphatic rings. The molecule has 0 bridgehead atoms. The lowest BCUT2D eigenvalue weighted by molar-refractivity contribution is 0.720. The van der Waals surface area contributed by atoms with Gasteiger partial charge in [-0.15, -0.1) is 0 Å². The summed E-state index contributed by atoms with van der Waals surface area (Å²) in [4.78, 5) is 17.2. The Hall–Kier alpha value is -2.43. The normalized spacial score (nSPS) is 15.8. The molecule has 0 saturated carbocycles. The van der Waals surface area contributed by atoms with Crippen LogP contribution in [0.2, 0.25) is 0 Å². The molecule has 0 unspecified atom stereocenters. The summed E-state index contributed by atoms with van der Waals surface area (Å²) in [5, 5.41) is 5.23. The number of allylic oxidation sites excluding steroid dienone is 2. The van der Waals surface area contributed by atoms with E-state index in [4.69, 9.17) is 0 Å². The van der Waals surface area contributed by atoms with E-state index in [1.165, 1.54) is 24.8 Å². The minimum Gasteiger partial charge on any atom is -0.277 e. The van der Waals surface area contributed by atoms with Crippen LogP contribution >= 0.6 is 0 Å². The van der Waals surface area contributed by atoms with E-state index in [-0.39, 0.29) is 5.56 Å². The highest BCUT2D eigenvalue weighted by Crippen LogP contribution is 2.21. The van der Waals surface area contributed by atoms with Gasteiger partial charge in [-0.25, -0.2) is 10.4 Å². The molecule has 0 atom stereocenters. The van der Waals surface area contributed by atoms with Crippen LogP contribution in [0.15, 0.2) is 45.8 Å². The molecular weight excluding hydrogens is 312 g/mol. The van der Waals surface area contributed by atoms with Gasteiger partial charge in [-0.2, -0.15) is 5.10 Å². The van der Waals surface area contributed by atoms with Crippen molar-refractivity contribution < 1.29 is 0 Å². The number of hydrogen-bond donors (Lipinski definition) is 1. The van der Waals surface area contributed by atoms with Gasteiger partial charge in [-0.3, -0.25) is 9.36 Å². The second-order valence-electron chi connectivity index (χ2n) is 6.40. The van der Waals surface area contributed by atoms with Crippen molar-refractivity contribution in [3.05, 3.63) is 46.3 Å². The van der Waals surface area contributed by atoms with Crippen LogP contribution in [0.1, 0.15) is 52.4 Å². The highest BCUT2D eigenvalue weighted by atomic mass is 16.1. The number of hydrazone groups is 1. The summed E-state index contributed by atoms with van der Waals surface area (Å²) in [6.45, 7) is 4.72. The average Bonchev–Trinajstić information content (AvgIpc) is 3.08. The fourth-order valence-electron chi connectivity index (χ4n) is 3.27. The molecule has 0 amide bonds. The van der Waals surface area contributed by atoms with E-state index in [1.54, 1.807) is 4.57 Å². The highest BCUT2D eigenvalue weighted by molar-refractivity contribution is 6.02. The number of nitrogens with one attached hydrogen (secondary N) is 1. The highest BCUT2D eigenvalue weighted by Gasteiger charge is 2.14. The molecule has 5 heteroatoms. The van der Waals surface area contributed by atoms with Gasteiger partial charge in [-0.1, -0.05) is 38.0 Å². The summed E-state index contributed by atoms with van der Waals surface area (Å²) in [5.74, 6) is 0.513. The Kier molecular flexibility index (Phi) is 5.64. The topological polar surface area (TPSA) is 59.3 Å². The Morgan fingerprint density at radius 3 is 2.88 bits per heavy atom. The van der Waals surface area contributed by atoms with Crippen molar-refractivity contribution in [2.24, 2.45) is 5.10 Å². The molecule has 1 heterocycles. The fourth-order valence-corrected chi connectivity index (χ4v) is 3.27. The molecule has 0 fully saturated rings. The summed E-state index contributed by atoms with van der Waals surface area (Å²) < 4.78 is 1.64. The molecule has 1 aromatic heterocycles. The standard InChI is InChI=1S/C20H26N4O/c1-3-5-6-10-15-11-9-14-17(15)22-23-20-21-18-13-8-7-12-16(18)19(25)24(20)4-2/h7-8,11-13H,3-6,9-10,14H2,1-2H3,(H,21,23)/b22-17-. The molecule has 5 nitrogen and oxygen atoms in total. The first-order valence-electron chi connectivity index (χ1n) is 9.26. The zero-order chi connectivity index (χ0) is 17.6. The first-order valence-corrected chi connectivity index (χ1v) is 9.26. The van der Waals surface area contributed by atoms with E-state index in [0.29, 0.717) is 23.4 Å². The summed E-state index contributed by atoms with van der Waals surface area (Å²) in [5.41, 5.74) is 6.17.